The van der Waals surface area contributed by atoms with E-state index < -0.39 is 0 Å². The first-order chi connectivity index (χ1) is 8.80. The lowest BCUT2D eigenvalue weighted by Gasteiger charge is -2.43. The molecule has 18 heavy (non-hydrogen) atoms. The second kappa shape index (κ2) is 7.14. The summed E-state index contributed by atoms with van der Waals surface area (Å²) in [6.45, 7) is 0. The number of thioether (sulfide) groups is 7. The van der Waals surface area contributed by atoms with Crippen LogP contribution in [0.5, 0.6) is 0 Å². The van der Waals surface area contributed by atoms with E-state index in [2.05, 4.69) is 88.6 Å². The summed E-state index contributed by atoms with van der Waals surface area (Å²) in [6.07, 6.45) is 2.33. The second-order valence-electron chi connectivity index (χ2n) is 4.54. The summed E-state index contributed by atoms with van der Waals surface area (Å²) < 4.78 is 0.392. The summed E-state index contributed by atoms with van der Waals surface area (Å²) >= 11 is 15.3. The monoisotopic (exact) mass is 374 g/mol. The molecule has 0 aromatic heterocycles. The molecule has 0 amide bonds. The highest BCUT2D eigenvalue weighted by atomic mass is 32.3. The molecule has 3 rings (SSSR count). The summed E-state index contributed by atoms with van der Waals surface area (Å²) in [4.78, 5) is 0. The van der Waals surface area contributed by atoms with Gasteiger partial charge in [0.15, 0.2) is 2.74 Å². The van der Waals surface area contributed by atoms with E-state index in [4.69, 9.17) is 0 Å². The highest BCUT2D eigenvalue weighted by molar-refractivity contribution is 8.48. The van der Waals surface area contributed by atoms with Gasteiger partial charge in [0.1, 0.15) is 0 Å². The van der Waals surface area contributed by atoms with Crippen LogP contribution in [0.1, 0.15) is 0 Å². The highest BCUT2D eigenvalue weighted by Crippen LogP contribution is 2.62. The van der Waals surface area contributed by atoms with Crippen LogP contribution < -0.4 is 0 Å². The lowest BCUT2D eigenvalue weighted by molar-refractivity contribution is 1.06. The molecule has 7 heteroatoms. The molecular weight excluding hydrogens is 357 g/mol. The SMILES string of the molecule is CSC(SC1CSC1)(SC1CSC1)SC1CSC1. The van der Waals surface area contributed by atoms with E-state index in [1.54, 1.807) is 0 Å². The average Bonchev–Trinajstić information content (AvgIpc) is 2.22. The van der Waals surface area contributed by atoms with Crippen LogP contribution in [-0.4, -0.2) is 59.3 Å². The van der Waals surface area contributed by atoms with Gasteiger partial charge >= 0.3 is 0 Å². The van der Waals surface area contributed by atoms with Crippen LogP contribution in [0.3, 0.4) is 0 Å². The van der Waals surface area contributed by atoms with Crippen molar-refractivity contribution >= 4 is 82.3 Å². The molecule has 0 spiro atoms. The van der Waals surface area contributed by atoms with Gasteiger partial charge in [-0.3, -0.25) is 0 Å². The third kappa shape index (κ3) is 3.80. The van der Waals surface area contributed by atoms with E-state index in [9.17, 15) is 0 Å². The summed E-state index contributed by atoms with van der Waals surface area (Å²) in [5.74, 6) is 8.29. The van der Waals surface area contributed by atoms with Crippen LogP contribution in [-0.2, 0) is 0 Å². The van der Waals surface area contributed by atoms with E-state index in [1.807, 2.05) is 0 Å². The van der Waals surface area contributed by atoms with Crippen molar-refractivity contribution in [3.63, 3.8) is 0 Å². The van der Waals surface area contributed by atoms with Gasteiger partial charge in [0.25, 0.3) is 0 Å². The smallest absolute Gasteiger partial charge is 0.154 e. The van der Waals surface area contributed by atoms with Gasteiger partial charge in [-0.1, -0.05) is 0 Å². The predicted octanol–water partition coefficient (Wildman–Crippen LogP) is 4.51. The Balaban J connectivity index is 1.61. The molecule has 0 bridgehead atoms. The number of rotatable bonds is 7. The van der Waals surface area contributed by atoms with Crippen molar-refractivity contribution < 1.29 is 0 Å². The molecule has 0 saturated carbocycles. The molecule has 0 nitrogen and oxygen atoms in total. The molecule has 0 aliphatic carbocycles. The highest BCUT2D eigenvalue weighted by Gasteiger charge is 2.43. The van der Waals surface area contributed by atoms with E-state index in [0.717, 1.165) is 15.7 Å². The van der Waals surface area contributed by atoms with Gasteiger partial charge in [-0.2, -0.15) is 35.3 Å². The van der Waals surface area contributed by atoms with E-state index in [0.29, 0.717) is 2.74 Å². The fourth-order valence-electron chi connectivity index (χ4n) is 1.69. The molecule has 0 radical (unpaired) electrons. The fourth-order valence-corrected chi connectivity index (χ4v) is 13.1. The normalized spacial score (nSPS) is 26.5. The summed E-state index contributed by atoms with van der Waals surface area (Å²) in [5, 5.41) is 2.76. The zero-order chi connectivity index (χ0) is 12.4. The lowest BCUT2D eigenvalue weighted by atomic mass is 10.5. The molecule has 0 aromatic carbocycles. The Morgan fingerprint density at radius 1 is 0.722 bits per heavy atom. The van der Waals surface area contributed by atoms with Crippen LogP contribution in [0, 0.1) is 0 Å². The van der Waals surface area contributed by atoms with Crippen LogP contribution in [0.2, 0.25) is 0 Å². The Morgan fingerprint density at radius 3 is 1.22 bits per heavy atom. The van der Waals surface area contributed by atoms with Crippen LogP contribution >= 0.6 is 82.3 Å². The Kier molecular flexibility index (Phi) is 6.09. The molecule has 3 saturated heterocycles. The topological polar surface area (TPSA) is 0 Å². The van der Waals surface area contributed by atoms with Gasteiger partial charge in [0, 0.05) is 50.3 Å². The first kappa shape index (κ1) is 15.3. The molecule has 0 unspecified atom stereocenters. The zero-order valence-corrected chi connectivity index (χ0v) is 16.0. The summed E-state index contributed by atoms with van der Waals surface area (Å²) in [5.41, 5.74) is 0. The van der Waals surface area contributed by atoms with Crippen molar-refractivity contribution in [2.24, 2.45) is 0 Å². The third-order valence-electron chi connectivity index (χ3n) is 3.01. The minimum absolute atomic E-state index is 0.392. The number of hydrogen-bond donors (Lipinski definition) is 0. The van der Waals surface area contributed by atoms with Crippen molar-refractivity contribution in [2.45, 2.75) is 18.5 Å². The Labute approximate surface area is 140 Å². The Bertz CT molecular complexity index is 232. The molecule has 104 valence electrons. The maximum absolute atomic E-state index is 2.33. The fraction of sp³-hybridized carbons (Fsp3) is 1.00. The van der Waals surface area contributed by atoms with Crippen LogP contribution in [0.25, 0.3) is 0 Å². The van der Waals surface area contributed by atoms with Gasteiger partial charge in [0.05, 0.1) is 0 Å². The predicted molar refractivity (Wildman–Crippen MR) is 102 cm³/mol. The van der Waals surface area contributed by atoms with Crippen molar-refractivity contribution in [2.75, 3.05) is 40.8 Å². The molecule has 3 aliphatic rings. The Hall–Kier alpha value is 2.45. The van der Waals surface area contributed by atoms with E-state index >= 15 is 0 Å². The standard InChI is InChI=1S/C11H18S7/c1-12-11(16-8-2-13-3-8,17-9-4-14-5-9)18-10-6-15-7-10/h8-10H,2-7H2,1H3. The minimum atomic E-state index is 0.392. The van der Waals surface area contributed by atoms with Gasteiger partial charge < -0.3 is 0 Å². The first-order valence-corrected chi connectivity index (χ1v) is 13.4. The van der Waals surface area contributed by atoms with Crippen molar-refractivity contribution in [1.82, 2.24) is 0 Å². The first-order valence-electron chi connectivity index (χ1n) is 6.11. The number of hydrogen-bond acceptors (Lipinski definition) is 7. The summed E-state index contributed by atoms with van der Waals surface area (Å²) in [7, 11) is 0. The van der Waals surface area contributed by atoms with Gasteiger partial charge in [-0.15, -0.1) is 47.0 Å². The van der Waals surface area contributed by atoms with Crippen molar-refractivity contribution in [3.8, 4) is 0 Å². The van der Waals surface area contributed by atoms with Gasteiger partial charge in [0.2, 0.25) is 0 Å². The molecule has 0 atom stereocenters. The molecule has 0 aromatic rings. The van der Waals surface area contributed by atoms with Crippen LogP contribution in [0.15, 0.2) is 0 Å². The van der Waals surface area contributed by atoms with Gasteiger partial charge in [-0.25, -0.2) is 0 Å². The molecule has 3 fully saturated rings. The summed E-state index contributed by atoms with van der Waals surface area (Å²) in [6, 6.07) is 0. The van der Waals surface area contributed by atoms with Crippen molar-refractivity contribution in [3.05, 3.63) is 0 Å². The lowest BCUT2D eigenvalue weighted by Crippen LogP contribution is -2.34. The molecule has 3 aliphatic heterocycles. The molecular formula is C11H18S7. The van der Waals surface area contributed by atoms with E-state index in [1.165, 1.54) is 34.5 Å². The second-order valence-corrected chi connectivity index (χ2v) is 14.9. The maximum Gasteiger partial charge on any atom is 0.154 e. The van der Waals surface area contributed by atoms with Crippen LogP contribution in [0.4, 0.5) is 0 Å². The average molecular weight is 375 g/mol. The van der Waals surface area contributed by atoms with Crippen molar-refractivity contribution in [1.29, 1.82) is 0 Å². The van der Waals surface area contributed by atoms with E-state index in [-0.39, 0.29) is 0 Å². The van der Waals surface area contributed by atoms with Gasteiger partial charge in [-0.05, 0) is 6.26 Å². The maximum atomic E-state index is 2.33. The molecule has 0 N–H and O–H groups in total. The minimum Gasteiger partial charge on any atom is -0.160 e. The molecule has 3 heterocycles. The quantitative estimate of drug-likeness (QED) is 0.594. The Morgan fingerprint density at radius 2 is 1.06 bits per heavy atom. The zero-order valence-electron chi connectivity index (χ0n) is 10.3. The third-order valence-corrected chi connectivity index (χ3v) is 15.6. The largest absolute Gasteiger partial charge is 0.160 e.